The molecule has 0 fully saturated rings. The van der Waals surface area contributed by atoms with Crippen LogP contribution in [0.2, 0.25) is 0 Å². The van der Waals surface area contributed by atoms with E-state index in [0.717, 1.165) is 33.5 Å². The number of ether oxygens (including phenoxy) is 1. The zero-order valence-corrected chi connectivity index (χ0v) is 14.8. The van der Waals surface area contributed by atoms with Crippen LogP contribution in [0.4, 0.5) is 5.69 Å². The molecule has 4 nitrogen and oxygen atoms in total. The van der Waals surface area contributed by atoms with Crippen molar-refractivity contribution in [2.24, 2.45) is 0 Å². The van der Waals surface area contributed by atoms with Crippen LogP contribution in [0.25, 0.3) is 10.9 Å². The monoisotopic (exact) mass is 354 g/mol. The van der Waals surface area contributed by atoms with Crippen LogP contribution in [0.3, 0.4) is 0 Å². The molecule has 4 aromatic rings. The quantitative estimate of drug-likeness (QED) is 0.559. The summed E-state index contributed by atoms with van der Waals surface area (Å²) in [5.41, 5.74) is 3.27. The van der Waals surface area contributed by atoms with Crippen molar-refractivity contribution in [3.05, 3.63) is 95.7 Å². The maximum absolute atomic E-state index is 13.7. The minimum Gasteiger partial charge on any atom is -0.495 e. The van der Waals surface area contributed by atoms with Gasteiger partial charge in [-0.1, -0.05) is 54.6 Å². The van der Waals surface area contributed by atoms with Gasteiger partial charge in [0.05, 0.1) is 12.6 Å². The largest absolute Gasteiger partial charge is 0.495 e. The molecule has 2 N–H and O–H groups in total. The van der Waals surface area contributed by atoms with Gasteiger partial charge in [0.2, 0.25) is 0 Å². The van der Waals surface area contributed by atoms with Crippen LogP contribution in [0.1, 0.15) is 21.5 Å². The summed E-state index contributed by atoms with van der Waals surface area (Å²) in [4.78, 5) is 17.0. The number of anilines is 1. The lowest BCUT2D eigenvalue weighted by Gasteiger charge is -2.29. The minimum atomic E-state index is -0.977. The summed E-state index contributed by atoms with van der Waals surface area (Å²) in [5, 5.41) is 4.50. The first-order chi connectivity index (χ1) is 13.3. The second kappa shape index (κ2) is 5.74. The Bertz CT molecular complexity index is 1160. The van der Waals surface area contributed by atoms with Crippen molar-refractivity contribution in [3.63, 3.8) is 0 Å². The predicted octanol–water partition coefficient (Wildman–Crippen LogP) is 4.73. The summed E-state index contributed by atoms with van der Waals surface area (Å²) >= 11 is 0. The van der Waals surface area contributed by atoms with Gasteiger partial charge in [-0.05, 0) is 23.8 Å². The van der Waals surface area contributed by atoms with Gasteiger partial charge >= 0.3 is 0 Å². The molecule has 132 valence electrons. The van der Waals surface area contributed by atoms with E-state index in [2.05, 4.69) is 10.3 Å². The zero-order valence-electron chi connectivity index (χ0n) is 14.8. The van der Waals surface area contributed by atoms with Gasteiger partial charge in [-0.25, -0.2) is 0 Å². The minimum absolute atomic E-state index is 0.0491. The molecule has 0 radical (unpaired) electrons. The molecule has 1 aromatic heterocycles. The second-order valence-electron chi connectivity index (χ2n) is 6.70. The van der Waals surface area contributed by atoms with E-state index in [1.165, 1.54) is 0 Å². The van der Waals surface area contributed by atoms with E-state index in [-0.39, 0.29) is 5.78 Å². The van der Waals surface area contributed by atoms with Crippen molar-refractivity contribution in [1.29, 1.82) is 0 Å². The number of para-hydroxylation sites is 2. The highest BCUT2D eigenvalue weighted by molar-refractivity contribution is 6.17. The molecule has 1 aliphatic heterocycles. The van der Waals surface area contributed by atoms with E-state index in [0.29, 0.717) is 5.56 Å². The van der Waals surface area contributed by atoms with E-state index in [9.17, 15) is 4.79 Å². The predicted molar refractivity (Wildman–Crippen MR) is 106 cm³/mol. The lowest BCUT2D eigenvalue weighted by atomic mass is 9.79. The van der Waals surface area contributed by atoms with Gasteiger partial charge in [-0.15, -0.1) is 0 Å². The van der Waals surface area contributed by atoms with Crippen molar-refractivity contribution in [3.8, 4) is 5.75 Å². The van der Waals surface area contributed by atoms with E-state index < -0.39 is 5.54 Å². The molecule has 5 rings (SSSR count). The number of benzene rings is 3. The van der Waals surface area contributed by atoms with Crippen molar-refractivity contribution >= 4 is 22.4 Å². The van der Waals surface area contributed by atoms with Crippen LogP contribution in [0, 0.1) is 0 Å². The third kappa shape index (κ3) is 2.07. The highest BCUT2D eigenvalue weighted by Gasteiger charge is 2.49. The first-order valence-electron chi connectivity index (χ1n) is 8.88. The number of carbonyl (C=O) groups is 1. The third-order valence-corrected chi connectivity index (χ3v) is 5.34. The Balaban J connectivity index is 1.83. The van der Waals surface area contributed by atoms with E-state index in [4.69, 9.17) is 4.74 Å². The fraction of sp³-hybridized carbons (Fsp3) is 0.0870. The molecule has 1 unspecified atom stereocenters. The maximum Gasteiger partial charge on any atom is 0.199 e. The molecular weight excluding hydrogens is 336 g/mol. The van der Waals surface area contributed by atoms with Crippen LogP contribution in [0.15, 0.2) is 79.0 Å². The number of H-pyrrole nitrogens is 1. The molecule has 3 aromatic carbocycles. The second-order valence-corrected chi connectivity index (χ2v) is 6.70. The number of methoxy groups -OCH3 is 1. The Morgan fingerprint density at radius 1 is 0.889 bits per heavy atom. The molecule has 0 spiro atoms. The summed E-state index contributed by atoms with van der Waals surface area (Å²) in [7, 11) is 1.65. The number of hydrogen-bond acceptors (Lipinski definition) is 3. The highest BCUT2D eigenvalue weighted by Crippen LogP contribution is 2.46. The summed E-state index contributed by atoms with van der Waals surface area (Å²) in [5.74, 6) is 0.804. The average molecular weight is 354 g/mol. The number of ketones is 1. The number of aromatic nitrogens is 1. The average Bonchev–Trinajstić information content (AvgIpc) is 3.29. The van der Waals surface area contributed by atoms with Crippen LogP contribution < -0.4 is 10.1 Å². The maximum atomic E-state index is 13.7. The van der Waals surface area contributed by atoms with Gasteiger partial charge in [0.15, 0.2) is 11.3 Å². The summed E-state index contributed by atoms with van der Waals surface area (Å²) in [6, 6.07) is 23.4. The van der Waals surface area contributed by atoms with E-state index in [1.807, 2.05) is 79.0 Å². The molecule has 1 aliphatic rings. The van der Waals surface area contributed by atoms with Gasteiger partial charge in [0, 0.05) is 28.4 Å². The Hall–Kier alpha value is -3.53. The van der Waals surface area contributed by atoms with Gasteiger partial charge in [-0.2, -0.15) is 0 Å². The fourth-order valence-corrected chi connectivity index (χ4v) is 4.09. The van der Waals surface area contributed by atoms with Crippen LogP contribution in [-0.2, 0) is 5.54 Å². The smallest absolute Gasteiger partial charge is 0.199 e. The Kier molecular flexibility index (Phi) is 3.34. The zero-order chi connectivity index (χ0) is 18.4. The van der Waals surface area contributed by atoms with Crippen molar-refractivity contribution in [2.45, 2.75) is 5.54 Å². The number of nitrogens with one attached hydrogen (secondary N) is 2. The normalized spacial score (nSPS) is 18.3. The summed E-state index contributed by atoms with van der Waals surface area (Å²) in [6.07, 6.45) is 1.91. The van der Waals surface area contributed by atoms with E-state index >= 15 is 0 Å². The topological polar surface area (TPSA) is 54.1 Å². The molecule has 4 heteroatoms. The van der Waals surface area contributed by atoms with Crippen molar-refractivity contribution in [1.82, 2.24) is 4.98 Å². The van der Waals surface area contributed by atoms with E-state index in [1.54, 1.807) is 7.11 Å². The number of carbonyl (C=O) groups excluding carboxylic acids is 1. The molecule has 0 bridgehead atoms. The first-order valence-corrected chi connectivity index (χ1v) is 8.88. The first kappa shape index (κ1) is 15.7. The third-order valence-electron chi connectivity index (χ3n) is 5.34. The molecule has 1 atom stereocenters. The standard InChI is InChI=1S/C23H18N2O2/c1-27-20-13-7-11-16-18(14-24-21(16)20)23(15-8-3-2-4-9-15)22(26)17-10-5-6-12-19(17)25-23/h2-14,24-25H,1H3. The van der Waals surface area contributed by atoms with Gasteiger partial charge in [0.25, 0.3) is 0 Å². The van der Waals surface area contributed by atoms with Crippen molar-refractivity contribution in [2.75, 3.05) is 12.4 Å². The van der Waals surface area contributed by atoms with Gasteiger partial charge in [-0.3, -0.25) is 4.79 Å². The number of fused-ring (bicyclic) bond motifs is 2. The molecule has 2 heterocycles. The summed E-state index contributed by atoms with van der Waals surface area (Å²) in [6.45, 7) is 0. The van der Waals surface area contributed by atoms with Gasteiger partial charge in [0.1, 0.15) is 5.75 Å². The van der Waals surface area contributed by atoms with Crippen LogP contribution in [0.5, 0.6) is 5.75 Å². The number of hydrogen-bond donors (Lipinski definition) is 2. The molecule has 0 saturated carbocycles. The molecule has 0 amide bonds. The number of rotatable bonds is 3. The molecule has 27 heavy (non-hydrogen) atoms. The lowest BCUT2D eigenvalue weighted by Crippen LogP contribution is -2.39. The lowest BCUT2D eigenvalue weighted by molar-refractivity contribution is 0.0941. The van der Waals surface area contributed by atoms with Crippen LogP contribution in [-0.4, -0.2) is 17.9 Å². The Labute approximate surface area is 156 Å². The Morgan fingerprint density at radius 2 is 1.67 bits per heavy atom. The summed E-state index contributed by atoms with van der Waals surface area (Å²) < 4.78 is 5.49. The Morgan fingerprint density at radius 3 is 2.44 bits per heavy atom. The van der Waals surface area contributed by atoms with Gasteiger partial charge < -0.3 is 15.0 Å². The van der Waals surface area contributed by atoms with Crippen LogP contribution >= 0.6 is 0 Å². The number of aromatic amines is 1. The molecular formula is C23H18N2O2. The fourth-order valence-electron chi connectivity index (χ4n) is 4.09. The highest BCUT2D eigenvalue weighted by atomic mass is 16.5. The van der Waals surface area contributed by atoms with Crippen molar-refractivity contribution < 1.29 is 9.53 Å². The number of Topliss-reactive ketones (excluding diaryl/α,β-unsaturated/α-hetero) is 1. The molecule has 0 aliphatic carbocycles. The molecule has 0 saturated heterocycles. The SMILES string of the molecule is COc1cccc2c(C3(c4ccccc4)Nc4ccccc4C3=O)c[nH]c12.